The van der Waals surface area contributed by atoms with Crippen LogP contribution in [0.2, 0.25) is 0 Å². The molecular weight excluding hydrogens is 512 g/mol. The first kappa shape index (κ1) is 23.2. The Morgan fingerprint density at radius 3 is 2.82 bits per heavy atom. The lowest BCUT2D eigenvalue weighted by molar-refractivity contribution is 0.00793. The number of hydrogen-bond donors (Lipinski definition) is 2. The third kappa shape index (κ3) is 5.88. The topological polar surface area (TPSA) is 122 Å². The van der Waals surface area contributed by atoms with Gasteiger partial charge in [-0.25, -0.2) is 19.7 Å². The number of likely N-dealkylation sites (tertiary alicyclic amines) is 1. The van der Waals surface area contributed by atoms with E-state index in [1.165, 1.54) is 17.5 Å². The normalized spacial score (nSPS) is 14.0. The smallest absolute Gasteiger partial charge is 0.410 e. The summed E-state index contributed by atoms with van der Waals surface area (Å²) in [6.07, 6.45) is 2.77. The molecule has 0 spiro atoms. The number of ether oxygens (including phenoxy) is 1. The summed E-state index contributed by atoms with van der Waals surface area (Å²) in [5.41, 5.74) is 0.491. The molecule has 1 saturated heterocycles. The maximum atomic E-state index is 12.8. The Bertz CT molecular complexity index is 1140. The molecule has 0 aromatic carbocycles. The molecule has 1 aliphatic heterocycles. The highest BCUT2D eigenvalue weighted by molar-refractivity contribution is 9.10. The van der Waals surface area contributed by atoms with Gasteiger partial charge in [-0.1, -0.05) is 0 Å². The highest BCUT2D eigenvalue weighted by Gasteiger charge is 2.36. The lowest BCUT2D eigenvalue weighted by Crippen LogP contribution is -2.50. The fourth-order valence-corrected chi connectivity index (χ4v) is 4.18. The van der Waals surface area contributed by atoms with Crippen molar-refractivity contribution in [3.05, 3.63) is 51.6 Å². The third-order valence-electron chi connectivity index (χ3n) is 4.65. The summed E-state index contributed by atoms with van der Waals surface area (Å²) in [5.74, 6) is 0.734. The van der Waals surface area contributed by atoms with Crippen molar-refractivity contribution in [2.24, 2.45) is 0 Å². The average molecular weight is 535 g/mol. The Kier molecular flexibility index (Phi) is 6.66. The number of carbonyl (C=O) groups is 2. The Morgan fingerprint density at radius 2 is 2.12 bits per heavy atom. The van der Waals surface area contributed by atoms with Crippen molar-refractivity contribution in [2.75, 3.05) is 23.7 Å². The number of amides is 2. The zero-order valence-electron chi connectivity index (χ0n) is 18.3. The predicted octanol–water partition coefficient (Wildman–Crippen LogP) is 4.49. The largest absolute Gasteiger partial charge is 0.467 e. The quantitative estimate of drug-likeness (QED) is 0.474. The van der Waals surface area contributed by atoms with Crippen molar-refractivity contribution in [2.45, 2.75) is 38.8 Å². The van der Waals surface area contributed by atoms with E-state index in [0.29, 0.717) is 35.2 Å². The number of nitrogens with zero attached hydrogens (tertiary/aromatic N) is 4. The number of nitrogens with one attached hydrogen (secondary N) is 2. The Morgan fingerprint density at radius 1 is 1.33 bits per heavy atom. The molecule has 2 amide bonds. The Balaban J connectivity index is 1.33. The number of thiazole rings is 1. The molecule has 4 rings (SSSR count). The minimum Gasteiger partial charge on any atom is -0.467 e. The first-order chi connectivity index (χ1) is 15.7. The average Bonchev–Trinajstić information content (AvgIpc) is 3.37. The summed E-state index contributed by atoms with van der Waals surface area (Å²) in [7, 11) is 0. The minimum atomic E-state index is -0.524. The van der Waals surface area contributed by atoms with Gasteiger partial charge in [0.05, 0.1) is 23.0 Å². The molecule has 1 aliphatic rings. The number of carbonyl (C=O) groups excluding carboxylic acids is 2. The van der Waals surface area contributed by atoms with E-state index >= 15 is 0 Å². The molecule has 12 heteroatoms. The lowest BCUT2D eigenvalue weighted by atomic mass is 9.98. The van der Waals surface area contributed by atoms with Crippen LogP contribution in [-0.2, 0) is 11.3 Å². The van der Waals surface area contributed by atoms with Crippen molar-refractivity contribution >= 4 is 50.3 Å². The van der Waals surface area contributed by atoms with Crippen molar-refractivity contribution in [3.63, 3.8) is 0 Å². The molecule has 1 fully saturated rings. The van der Waals surface area contributed by atoms with Crippen molar-refractivity contribution in [1.29, 1.82) is 0 Å². The number of rotatable bonds is 6. The molecule has 0 bridgehead atoms. The number of hydrogen-bond acceptors (Lipinski definition) is 9. The van der Waals surface area contributed by atoms with E-state index in [-0.39, 0.29) is 17.7 Å². The van der Waals surface area contributed by atoms with E-state index in [9.17, 15) is 9.59 Å². The van der Waals surface area contributed by atoms with Crippen LogP contribution in [0.15, 0.2) is 38.9 Å². The monoisotopic (exact) mass is 534 g/mol. The molecule has 4 heterocycles. The van der Waals surface area contributed by atoms with Crippen LogP contribution < -0.4 is 10.6 Å². The second-order valence-electron chi connectivity index (χ2n) is 8.44. The molecule has 0 unspecified atom stereocenters. The van der Waals surface area contributed by atoms with Crippen molar-refractivity contribution < 1.29 is 18.7 Å². The van der Waals surface area contributed by atoms with E-state index < -0.39 is 11.5 Å². The van der Waals surface area contributed by atoms with Gasteiger partial charge in [0.25, 0.3) is 5.91 Å². The van der Waals surface area contributed by atoms with Gasteiger partial charge in [0, 0.05) is 30.6 Å². The van der Waals surface area contributed by atoms with Crippen LogP contribution in [0.4, 0.5) is 15.9 Å². The molecule has 0 saturated carbocycles. The van der Waals surface area contributed by atoms with Crippen LogP contribution in [0.1, 0.15) is 48.6 Å². The first-order valence-electron chi connectivity index (χ1n) is 10.2. The second kappa shape index (κ2) is 9.48. The van der Waals surface area contributed by atoms with E-state index in [1.54, 1.807) is 17.2 Å². The van der Waals surface area contributed by atoms with Gasteiger partial charge in [-0.3, -0.25) is 10.1 Å². The van der Waals surface area contributed by atoms with Crippen LogP contribution in [0.5, 0.6) is 0 Å². The van der Waals surface area contributed by atoms with Gasteiger partial charge < -0.3 is 19.4 Å². The van der Waals surface area contributed by atoms with Gasteiger partial charge in [0.2, 0.25) is 5.95 Å². The summed E-state index contributed by atoms with van der Waals surface area (Å²) in [6, 6.07) is 3.62. The third-order valence-corrected chi connectivity index (χ3v) is 6.01. The van der Waals surface area contributed by atoms with E-state index in [0.717, 1.165) is 11.5 Å². The summed E-state index contributed by atoms with van der Waals surface area (Å²) < 4.78 is 11.1. The highest BCUT2D eigenvalue weighted by atomic mass is 79.9. The molecule has 0 aliphatic carbocycles. The molecule has 3 aromatic rings. The second-order valence-corrected chi connectivity index (χ2v) is 10.1. The van der Waals surface area contributed by atoms with E-state index in [4.69, 9.17) is 9.15 Å². The number of furan rings is 1. The summed E-state index contributed by atoms with van der Waals surface area (Å²) in [5, 5.41) is 8.15. The van der Waals surface area contributed by atoms with Gasteiger partial charge in [-0.2, -0.15) is 0 Å². The molecular formula is C21H23BrN6O4S. The highest BCUT2D eigenvalue weighted by Crippen LogP contribution is 2.31. The SMILES string of the molecule is CC(C)(C)OC(=O)N1CC(c2csc(NC(=O)c3nc(NCc4ccco4)ncc3Br)n2)C1. The van der Waals surface area contributed by atoms with Crippen LogP contribution in [-0.4, -0.2) is 50.5 Å². The van der Waals surface area contributed by atoms with Gasteiger partial charge >= 0.3 is 6.09 Å². The predicted molar refractivity (Wildman–Crippen MR) is 126 cm³/mol. The lowest BCUT2D eigenvalue weighted by Gasteiger charge is -2.38. The molecule has 10 nitrogen and oxygen atoms in total. The summed E-state index contributed by atoms with van der Waals surface area (Å²) in [6.45, 7) is 6.98. The van der Waals surface area contributed by atoms with Crippen LogP contribution >= 0.6 is 27.3 Å². The maximum Gasteiger partial charge on any atom is 0.410 e. The molecule has 33 heavy (non-hydrogen) atoms. The number of aromatic nitrogens is 3. The number of anilines is 2. The minimum absolute atomic E-state index is 0.114. The molecule has 0 radical (unpaired) electrons. The Labute approximate surface area is 202 Å². The summed E-state index contributed by atoms with van der Waals surface area (Å²) >= 11 is 4.65. The van der Waals surface area contributed by atoms with Crippen LogP contribution in [0.3, 0.4) is 0 Å². The van der Waals surface area contributed by atoms with E-state index in [2.05, 4.69) is 41.5 Å². The van der Waals surface area contributed by atoms with Gasteiger partial charge in [-0.05, 0) is 48.8 Å². The van der Waals surface area contributed by atoms with Gasteiger partial charge in [0.15, 0.2) is 5.13 Å². The summed E-state index contributed by atoms with van der Waals surface area (Å²) in [4.78, 5) is 39.5. The molecule has 2 N–H and O–H groups in total. The standard InChI is InChI=1S/C21H23BrN6O4S/c1-21(2,3)32-20(30)28-9-12(10-28)15-11-33-19(25-15)27-17(29)16-14(22)8-24-18(26-16)23-7-13-5-4-6-31-13/h4-6,8,11-12H,7,9-10H2,1-3H3,(H,23,24,26)(H,25,27,29). The zero-order valence-corrected chi connectivity index (χ0v) is 20.7. The van der Waals surface area contributed by atoms with Crippen LogP contribution in [0, 0.1) is 0 Å². The van der Waals surface area contributed by atoms with Crippen molar-refractivity contribution in [1.82, 2.24) is 19.9 Å². The molecule has 174 valence electrons. The number of halogens is 1. The van der Waals surface area contributed by atoms with Crippen molar-refractivity contribution in [3.8, 4) is 0 Å². The maximum absolute atomic E-state index is 12.8. The fourth-order valence-electron chi connectivity index (χ4n) is 3.02. The fraction of sp³-hybridized carbons (Fsp3) is 0.381. The molecule has 0 atom stereocenters. The van der Waals surface area contributed by atoms with Crippen LogP contribution in [0.25, 0.3) is 0 Å². The zero-order chi connectivity index (χ0) is 23.6. The Hall–Kier alpha value is -2.99. The van der Waals surface area contributed by atoms with E-state index in [1.807, 2.05) is 32.2 Å². The molecule has 3 aromatic heterocycles. The van der Waals surface area contributed by atoms with Gasteiger partial charge in [0.1, 0.15) is 17.1 Å². The first-order valence-corrected chi connectivity index (χ1v) is 11.9. The van der Waals surface area contributed by atoms with Gasteiger partial charge in [-0.15, -0.1) is 11.3 Å².